The lowest BCUT2D eigenvalue weighted by Gasteiger charge is -2.06. The molecule has 2 rings (SSSR count). The molecule has 0 spiro atoms. The van der Waals surface area contributed by atoms with Crippen molar-refractivity contribution in [1.82, 2.24) is 4.98 Å². The number of aromatic nitrogens is 1. The van der Waals surface area contributed by atoms with Gasteiger partial charge in [-0.25, -0.2) is 9.37 Å². The van der Waals surface area contributed by atoms with Crippen LogP contribution in [0.25, 0.3) is 0 Å². The normalized spacial score (nSPS) is 10.5. The van der Waals surface area contributed by atoms with Crippen molar-refractivity contribution >= 4 is 29.0 Å². The number of hydrogen-bond donors (Lipinski definition) is 0. The first kappa shape index (κ1) is 14.0. The molecule has 2 nitrogen and oxygen atoms in total. The van der Waals surface area contributed by atoms with Gasteiger partial charge in [-0.2, -0.15) is 0 Å². The highest BCUT2D eigenvalue weighted by molar-refractivity contribution is 6.36. The van der Waals surface area contributed by atoms with E-state index >= 15 is 0 Å². The number of ketones is 1. The van der Waals surface area contributed by atoms with Gasteiger partial charge in [-0.05, 0) is 36.2 Å². The molecule has 0 aliphatic heterocycles. The number of benzene rings is 1. The average molecular weight is 298 g/mol. The first-order chi connectivity index (χ1) is 8.97. The summed E-state index contributed by atoms with van der Waals surface area (Å²) < 4.78 is 13.0. The average Bonchev–Trinajstić information content (AvgIpc) is 2.32. The van der Waals surface area contributed by atoms with E-state index in [1.54, 1.807) is 13.0 Å². The number of halogens is 3. The summed E-state index contributed by atoms with van der Waals surface area (Å²) in [5.41, 5.74) is 1.65. The van der Waals surface area contributed by atoms with Gasteiger partial charge < -0.3 is 0 Å². The molecule has 1 aromatic heterocycles. The summed E-state index contributed by atoms with van der Waals surface area (Å²) in [4.78, 5) is 16.0. The standard InChI is InChI=1S/C14H10Cl2FNO/c1-8-4-11(17)3-2-9(8)5-13(19)14-12(16)6-10(15)7-18-14/h2-4,6-7H,5H2,1H3. The van der Waals surface area contributed by atoms with Gasteiger partial charge in [-0.15, -0.1) is 0 Å². The van der Waals surface area contributed by atoms with E-state index in [1.165, 1.54) is 24.4 Å². The molecule has 1 aromatic carbocycles. The Kier molecular flexibility index (Phi) is 4.17. The second-order valence-corrected chi connectivity index (χ2v) is 5.00. The Hall–Kier alpha value is -1.45. The molecule has 5 heteroatoms. The quantitative estimate of drug-likeness (QED) is 0.792. The van der Waals surface area contributed by atoms with Crippen molar-refractivity contribution in [1.29, 1.82) is 0 Å². The zero-order valence-electron chi connectivity index (χ0n) is 10.1. The Bertz CT molecular complexity index is 643. The van der Waals surface area contributed by atoms with Crippen molar-refractivity contribution in [2.45, 2.75) is 13.3 Å². The number of carbonyl (C=O) groups excluding carboxylic acids is 1. The zero-order chi connectivity index (χ0) is 14.0. The van der Waals surface area contributed by atoms with Gasteiger partial charge in [0.2, 0.25) is 0 Å². The summed E-state index contributed by atoms with van der Waals surface area (Å²) in [6, 6.07) is 5.78. The number of rotatable bonds is 3. The molecule has 1 heterocycles. The monoisotopic (exact) mass is 297 g/mol. The Balaban J connectivity index is 2.25. The van der Waals surface area contributed by atoms with Gasteiger partial charge in [0.15, 0.2) is 5.78 Å². The van der Waals surface area contributed by atoms with Crippen LogP contribution in [0, 0.1) is 12.7 Å². The minimum absolute atomic E-state index is 0.125. The topological polar surface area (TPSA) is 30.0 Å². The molecule has 0 unspecified atom stereocenters. The van der Waals surface area contributed by atoms with E-state index in [-0.39, 0.29) is 28.7 Å². The van der Waals surface area contributed by atoms with Crippen LogP contribution < -0.4 is 0 Å². The lowest BCUT2D eigenvalue weighted by Crippen LogP contribution is -2.08. The maximum absolute atomic E-state index is 13.0. The Morgan fingerprint density at radius 3 is 2.68 bits per heavy atom. The minimum Gasteiger partial charge on any atom is -0.292 e. The van der Waals surface area contributed by atoms with Gasteiger partial charge in [0.05, 0.1) is 10.0 Å². The zero-order valence-corrected chi connectivity index (χ0v) is 11.6. The van der Waals surface area contributed by atoms with E-state index in [0.29, 0.717) is 5.02 Å². The second-order valence-electron chi connectivity index (χ2n) is 4.15. The molecule has 0 bridgehead atoms. The third-order valence-electron chi connectivity index (χ3n) is 2.73. The molecular weight excluding hydrogens is 288 g/mol. The van der Waals surface area contributed by atoms with Crippen molar-refractivity contribution < 1.29 is 9.18 Å². The Morgan fingerprint density at radius 1 is 1.32 bits per heavy atom. The number of hydrogen-bond acceptors (Lipinski definition) is 2. The highest BCUT2D eigenvalue weighted by atomic mass is 35.5. The lowest BCUT2D eigenvalue weighted by molar-refractivity contribution is 0.0988. The van der Waals surface area contributed by atoms with Gasteiger partial charge in [-0.3, -0.25) is 4.79 Å². The summed E-state index contributed by atoms with van der Waals surface area (Å²) in [5, 5.41) is 0.594. The molecule has 0 aliphatic carbocycles. The third-order valence-corrected chi connectivity index (χ3v) is 3.22. The smallest absolute Gasteiger partial charge is 0.187 e. The summed E-state index contributed by atoms with van der Waals surface area (Å²) in [6.07, 6.45) is 1.50. The van der Waals surface area contributed by atoms with Crippen LogP contribution in [0.1, 0.15) is 21.6 Å². The molecule has 0 atom stereocenters. The molecule has 0 fully saturated rings. The van der Waals surface area contributed by atoms with Gasteiger partial charge in [0.25, 0.3) is 0 Å². The highest BCUT2D eigenvalue weighted by Crippen LogP contribution is 2.21. The summed E-state index contributed by atoms with van der Waals surface area (Å²) in [6.45, 7) is 1.75. The largest absolute Gasteiger partial charge is 0.292 e. The van der Waals surface area contributed by atoms with E-state index in [9.17, 15) is 9.18 Å². The fourth-order valence-corrected chi connectivity index (χ4v) is 2.22. The molecule has 0 saturated heterocycles. The van der Waals surface area contributed by atoms with Gasteiger partial charge >= 0.3 is 0 Å². The van der Waals surface area contributed by atoms with E-state index in [4.69, 9.17) is 23.2 Å². The molecule has 0 radical (unpaired) electrons. The van der Waals surface area contributed by atoms with Crippen LogP contribution in [0.3, 0.4) is 0 Å². The van der Waals surface area contributed by atoms with E-state index in [1.807, 2.05) is 0 Å². The summed E-state index contributed by atoms with van der Waals surface area (Å²) >= 11 is 11.7. The molecule has 0 saturated carbocycles. The molecule has 2 aromatic rings. The number of pyridine rings is 1. The lowest BCUT2D eigenvalue weighted by atomic mass is 10.0. The maximum Gasteiger partial charge on any atom is 0.187 e. The van der Waals surface area contributed by atoms with Crippen molar-refractivity contribution in [2.75, 3.05) is 0 Å². The van der Waals surface area contributed by atoms with Crippen LogP contribution in [-0.2, 0) is 6.42 Å². The van der Waals surface area contributed by atoms with Crippen molar-refractivity contribution in [3.8, 4) is 0 Å². The van der Waals surface area contributed by atoms with E-state index in [0.717, 1.165) is 11.1 Å². The number of carbonyl (C=O) groups is 1. The number of nitrogens with zero attached hydrogens (tertiary/aromatic N) is 1. The predicted octanol–water partition coefficient (Wildman–Crippen LogP) is 4.26. The minimum atomic E-state index is -0.323. The number of Topliss-reactive ketones (excluding diaryl/α,β-unsaturated/α-hetero) is 1. The van der Waals surface area contributed by atoms with Crippen LogP contribution in [0.4, 0.5) is 4.39 Å². The SMILES string of the molecule is Cc1cc(F)ccc1CC(=O)c1ncc(Cl)cc1Cl. The summed E-state index contributed by atoms with van der Waals surface area (Å²) in [5.74, 6) is -0.548. The molecule has 0 amide bonds. The molecule has 98 valence electrons. The van der Waals surface area contributed by atoms with Crippen molar-refractivity contribution in [2.24, 2.45) is 0 Å². The fraction of sp³-hybridized carbons (Fsp3) is 0.143. The van der Waals surface area contributed by atoms with Crippen molar-refractivity contribution in [3.05, 3.63) is 63.1 Å². The Morgan fingerprint density at radius 2 is 2.05 bits per heavy atom. The van der Waals surface area contributed by atoms with E-state index in [2.05, 4.69) is 4.98 Å². The summed E-state index contributed by atoms with van der Waals surface area (Å²) in [7, 11) is 0. The van der Waals surface area contributed by atoms with Crippen LogP contribution in [-0.4, -0.2) is 10.8 Å². The van der Waals surface area contributed by atoms with Gasteiger partial charge in [-0.1, -0.05) is 29.3 Å². The third kappa shape index (κ3) is 3.31. The van der Waals surface area contributed by atoms with Crippen LogP contribution in [0.5, 0.6) is 0 Å². The fourth-order valence-electron chi connectivity index (χ4n) is 1.73. The Labute approximate surface area is 120 Å². The van der Waals surface area contributed by atoms with E-state index < -0.39 is 0 Å². The molecular formula is C14H10Cl2FNO. The van der Waals surface area contributed by atoms with Gasteiger partial charge in [0.1, 0.15) is 11.5 Å². The van der Waals surface area contributed by atoms with Crippen LogP contribution >= 0.6 is 23.2 Å². The van der Waals surface area contributed by atoms with Gasteiger partial charge in [0, 0.05) is 12.6 Å². The maximum atomic E-state index is 13.0. The molecule has 0 N–H and O–H groups in total. The highest BCUT2D eigenvalue weighted by Gasteiger charge is 2.14. The number of aryl methyl sites for hydroxylation is 1. The van der Waals surface area contributed by atoms with Crippen LogP contribution in [0.2, 0.25) is 10.0 Å². The first-order valence-electron chi connectivity index (χ1n) is 5.56. The molecule has 19 heavy (non-hydrogen) atoms. The first-order valence-corrected chi connectivity index (χ1v) is 6.32. The predicted molar refractivity (Wildman–Crippen MR) is 73.4 cm³/mol. The van der Waals surface area contributed by atoms with Crippen molar-refractivity contribution in [3.63, 3.8) is 0 Å². The molecule has 0 aliphatic rings. The second kappa shape index (κ2) is 5.68. The van der Waals surface area contributed by atoms with Crippen LogP contribution in [0.15, 0.2) is 30.5 Å².